The van der Waals surface area contributed by atoms with Crippen molar-refractivity contribution >= 4 is 0 Å². The fraction of sp³-hybridized carbons (Fsp3) is 0.333. The molecule has 2 aromatic carbocycles. The normalized spacial score (nSPS) is 12.9. The van der Waals surface area contributed by atoms with E-state index in [-0.39, 0.29) is 12.5 Å². The van der Waals surface area contributed by atoms with Gasteiger partial charge in [0.25, 0.3) is 0 Å². The van der Waals surface area contributed by atoms with Crippen LogP contribution in [0.15, 0.2) is 48.5 Å². The highest BCUT2D eigenvalue weighted by Crippen LogP contribution is 2.31. The third-order valence-corrected chi connectivity index (χ3v) is 3.83. The summed E-state index contributed by atoms with van der Waals surface area (Å²) in [5.74, 6) is 0.720. The van der Waals surface area contributed by atoms with Crippen molar-refractivity contribution < 1.29 is 23.0 Å². The lowest BCUT2D eigenvalue weighted by Crippen LogP contribution is -2.08. The summed E-state index contributed by atoms with van der Waals surface area (Å²) >= 11 is 0. The first-order valence-electron chi connectivity index (χ1n) is 7.35. The Morgan fingerprint density at radius 1 is 1.00 bits per heavy atom. The van der Waals surface area contributed by atoms with Crippen molar-refractivity contribution in [2.45, 2.75) is 24.9 Å². The Morgan fingerprint density at radius 3 is 2.09 bits per heavy atom. The highest BCUT2D eigenvalue weighted by molar-refractivity contribution is 5.31. The zero-order chi connectivity index (χ0) is 16.9. The molecule has 2 aromatic rings. The Morgan fingerprint density at radius 2 is 1.61 bits per heavy atom. The topological polar surface area (TPSA) is 29.5 Å². The second kappa shape index (κ2) is 7.51. The molecule has 0 heterocycles. The van der Waals surface area contributed by atoms with E-state index in [1.807, 2.05) is 24.3 Å². The van der Waals surface area contributed by atoms with Crippen LogP contribution in [0, 0.1) is 0 Å². The van der Waals surface area contributed by atoms with Gasteiger partial charge in [0.1, 0.15) is 5.75 Å². The minimum atomic E-state index is -4.33. The van der Waals surface area contributed by atoms with Gasteiger partial charge < -0.3 is 9.84 Å². The van der Waals surface area contributed by atoms with E-state index in [0.717, 1.165) is 29.0 Å². The number of hydrogen-bond acceptors (Lipinski definition) is 2. The number of benzene rings is 2. The van der Waals surface area contributed by atoms with Crippen molar-refractivity contribution in [2.75, 3.05) is 13.7 Å². The fourth-order valence-electron chi connectivity index (χ4n) is 2.53. The summed E-state index contributed by atoms with van der Waals surface area (Å²) in [6.45, 7) is -0.0121. The van der Waals surface area contributed by atoms with Gasteiger partial charge in [0, 0.05) is 6.61 Å². The van der Waals surface area contributed by atoms with Gasteiger partial charge in [-0.3, -0.25) is 0 Å². The van der Waals surface area contributed by atoms with Crippen LogP contribution in [0.1, 0.15) is 29.0 Å². The van der Waals surface area contributed by atoms with Crippen molar-refractivity contribution in [3.63, 3.8) is 0 Å². The lowest BCUT2D eigenvalue weighted by molar-refractivity contribution is -0.137. The maximum Gasteiger partial charge on any atom is 0.416 e. The Bertz CT molecular complexity index is 604. The Balaban J connectivity index is 2.16. The van der Waals surface area contributed by atoms with Crippen molar-refractivity contribution in [2.24, 2.45) is 0 Å². The third kappa shape index (κ3) is 4.73. The number of aliphatic hydroxyl groups excluding tert-OH is 1. The standard InChI is InChI=1S/C18H19F3O2/c1-23-17-8-2-13(3-9-17)12-15(10-11-22)14-4-6-16(7-5-14)18(19,20)21/h2-9,15,22H,10-12H2,1H3/t15-/m1/s1. The molecule has 0 aliphatic heterocycles. The average Bonchev–Trinajstić information content (AvgIpc) is 2.54. The minimum absolute atomic E-state index is 0.0121. The minimum Gasteiger partial charge on any atom is -0.497 e. The van der Waals surface area contributed by atoms with E-state index >= 15 is 0 Å². The van der Waals surface area contributed by atoms with Gasteiger partial charge in [-0.1, -0.05) is 24.3 Å². The molecule has 0 unspecified atom stereocenters. The molecule has 1 N–H and O–H groups in total. The summed E-state index contributed by atoms with van der Waals surface area (Å²) in [4.78, 5) is 0. The number of halogens is 3. The average molecular weight is 324 g/mol. The zero-order valence-electron chi connectivity index (χ0n) is 12.8. The number of ether oxygens (including phenoxy) is 1. The Hall–Kier alpha value is -2.01. The lowest BCUT2D eigenvalue weighted by atomic mass is 9.89. The fourth-order valence-corrected chi connectivity index (χ4v) is 2.53. The van der Waals surface area contributed by atoms with Gasteiger partial charge in [-0.05, 0) is 54.2 Å². The van der Waals surface area contributed by atoms with Gasteiger partial charge >= 0.3 is 6.18 Å². The maximum absolute atomic E-state index is 12.6. The molecule has 0 bridgehead atoms. The van der Waals surface area contributed by atoms with Crippen molar-refractivity contribution in [1.29, 1.82) is 0 Å². The van der Waals surface area contributed by atoms with Crippen LogP contribution in [0.5, 0.6) is 5.75 Å². The second-order valence-corrected chi connectivity index (χ2v) is 5.38. The number of alkyl halides is 3. The molecule has 2 nitrogen and oxygen atoms in total. The summed E-state index contributed by atoms with van der Waals surface area (Å²) in [6, 6.07) is 12.7. The van der Waals surface area contributed by atoms with Gasteiger partial charge in [0.15, 0.2) is 0 Å². The molecule has 23 heavy (non-hydrogen) atoms. The van der Waals surface area contributed by atoms with E-state index in [4.69, 9.17) is 4.74 Å². The van der Waals surface area contributed by atoms with Crippen LogP contribution in [-0.2, 0) is 12.6 Å². The molecule has 2 rings (SSSR count). The first-order chi connectivity index (χ1) is 10.9. The van der Waals surface area contributed by atoms with Gasteiger partial charge in [0.2, 0.25) is 0 Å². The SMILES string of the molecule is COc1ccc(C[C@@H](CCO)c2ccc(C(F)(F)F)cc2)cc1. The number of aliphatic hydroxyl groups is 1. The molecular formula is C18H19F3O2. The highest BCUT2D eigenvalue weighted by atomic mass is 19.4. The van der Waals surface area contributed by atoms with Gasteiger partial charge in [-0.25, -0.2) is 0 Å². The summed E-state index contributed by atoms with van der Waals surface area (Å²) in [7, 11) is 1.59. The molecule has 0 saturated carbocycles. The van der Waals surface area contributed by atoms with Crippen molar-refractivity contribution in [3.8, 4) is 5.75 Å². The maximum atomic E-state index is 12.6. The molecule has 0 aliphatic carbocycles. The van der Waals surface area contributed by atoms with Crippen LogP contribution in [-0.4, -0.2) is 18.8 Å². The van der Waals surface area contributed by atoms with E-state index in [9.17, 15) is 18.3 Å². The van der Waals surface area contributed by atoms with E-state index < -0.39 is 11.7 Å². The van der Waals surface area contributed by atoms with E-state index in [2.05, 4.69) is 0 Å². The molecule has 0 aromatic heterocycles. The summed E-state index contributed by atoms with van der Waals surface area (Å²) in [6.07, 6.45) is -3.19. The molecular weight excluding hydrogens is 305 g/mol. The first kappa shape index (κ1) is 17.3. The highest BCUT2D eigenvalue weighted by Gasteiger charge is 2.30. The smallest absolute Gasteiger partial charge is 0.416 e. The number of methoxy groups -OCH3 is 1. The monoisotopic (exact) mass is 324 g/mol. The van der Waals surface area contributed by atoms with E-state index in [1.165, 1.54) is 12.1 Å². The predicted molar refractivity (Wildman–Crippen MR) is 82.6 cm³/mol. The summed E-state index contributed by atoms with van der Waals surface area (Å²) in [5.41, 5.74) is 1.18. The third-order valence-electron chi connectivity index (χ3n) is 3.83. The van der Waals surface area contributed by atoms with Crippen LogP contribution >= 0.6 is 0 Å². The van der Waals surface area contributed by atoms with Crippen LogP contribution in [0.3, 0.4) is 0 Å². The summed E-state index contributed by atoms with van der Waals surface area (Å²) < 4.78 is 43.0. The molecule has 0 fully saturated rings. The van der Waals surface area contributed by atoms with Crippen molar-refractivity contribution in [1.82, 2.24) is 0 Å². The molecule has 0 saturated heterocycles. The molecule has 0 spiro atoms. The molecule has 124 valence electrons. The molecule has 0 radical (unpaired) electrons. The van der Waals surface area contributed by atoms with Crippen LogP contribution in [0.25, 0.3) is 0 Å². The van der Waals surface area contributed by atoms with Crippen LogP contribution in [0.4, 0.5) is 13.2 Å². The second-order valence-electron chi connectivity index (χ2n) is 5.38. The lowest BCUT2D eigenvalue weighted by Gasteiger charge is -2.17. The Labute approximate surface area is 133 Å². The quantitative estimate of drug-likeness (QED) is 0.852. The largest absolute Gasteiger partial charge is 0.497 e. The number of hydrogen-bond donors (Lipinski definition) is 1. The molecule has 0 amide bonds. The molecule has 0 aliphatic rings. The molecule has 5 heteroatoms. The van der Waals surface area contributed by atoms with Gasteiger partial charge in [-0.2, -0.15) is 13.2 Å². The molecule has 1 atom stereocenters. The number of rotatable bonds is 6. The summed E-state index contributed by atoms with van der Waals surface area (Å²) in [5, 5.41) is 9.24. The zero-order valence-corrected chi connectivity index (χ0v) is 12.8. The Kier molecular flexibility index (Phi) is 5.66. The van der Waals surface area contributed by atoms with Gasteiger partial charge in [0.05, 0.1) is 12.7 Å². The van der Waals surface area contributed by atoms with Crippen molar-refractivity contribution in [3.05, 3.63) is 65.2 Å². The van der Waals surface area contributed by atoms with E-state index in [1.54, 1.807) is 7.11 Å². The van der Waals surface area contributed by atoms with E-state index in [0.29, 0.717) is 12.8 Å². The van der Waals surface area contributed by atoms with Crippen LogP contribution < -0.4 is 4.74 Å². The predicted octanol–water partition coefficient (Wildman–Crippen LogP) is 4.42. The van der Waals surface area contributed by atoms with Gasteiger partial charge in [-0.15, -0.1) is 0 Å². The first-order valence-corrected chi connectivity index (χ1v) is 7.35. The van der Waals surface area contributed by atoms with Crippen LogP contribution in [0.2, 0.25) is 0 Å².